The van der Waals surface area contributed by atoms with Crippen LogP contribution in [-0.2, 0) is 6.54 Å². The van der Waals surface area contributed by atoms with Gasteiger partial charge in [0.1, 0.15) is 5.75 Å². The number of hydrogen-bond donors (Lipinski definition) is 1. The molecule has 18 heavy (non-hydrogen) atoms. The maximum absolute atomic E-state index is 9.85. The van der Waals surface area contributed by atoms with Crippen LogP contribution in [0.15, 0.2) is 42.5 Å². The fraction of sp³-hybridized carbons (Fsp3) is 0.200. The minimum absolute atomic E-state index is 0.239. The summed E-state index contributed by atoms with van der Waals surface area (Å²) >= 11 is 6.11. The van der Waals surface area contributed by atoms with Gasteiger partial charge in [-0.05, 0) is 30.7 Å². The summed E-state index contributed by atoms with van der Waals surface area (Å²) in [5.74, 6) is 0.239. The van der Waals surface area contributed by atoms with E-state index in [4.69, 9.17) is 11.6 Å². The van der Waals surface area contributed by atoms with Crippen molar-refractivity contribution in [2.75, 3.05) is 11.9 Å². The van der Waals surface area contributed by atoms with E-state index in [1.807, 2.05) is 19.2 Å². The molecule has 0 radical (unpaired) electrons. The lowest BCUT2D eigenvalue weighted by Crippen LogP contribution is -2.17. The standard InChI is InChI=1S/C15H16ClNO/c1-11-6-3-4-8-14(11)17(2)10-12-13(16)7-5-9-15(12)18/h3-9,18H,10H2,1-2H3. The number of aryl methyl sites for hydroxylation is 1. The van der Waals surface area contributed by atoms with Crippen LogP contribution in [0.5, 0.6) is 5.75 Å². The molecule has 0 aliphatic heterocycles. The first kappa shape index (κ1) is 12.8. The number of phenols is 1. The molecule has 2 nitrogen and oxygen atoms in total. The molecule has 0 aromatic heterocycles. The summed E-state index contributed by atoms with van der Waals surface area (Å²) in [5, 5.41) is 10.4. The average Bonchev–Trinajstić information content (AvgIpc) is 2.34. The Morgan fingerprint density at radius 1 is 1.11 bits per heavy atom. The molecule has 1 N–H and O–H groups in total. The van der Waals surface area contributed by atoms with Gasteiger partial charge in [0.2, 0.25) is 0 Å². The zero-order valence-corrected chi connectivity index (χ0v) is 11.3. The average molecular weight is 262 g/mol. The van der Waals surface area contributed by atoms with Crippen LogP contribution < -0.4 is 4.90 Å². The maximum Gasteiger partial charge on any atom is 0.122 e. The van der Waals surface area contributed by atoms with Crippen molar-refractivity contribution >= 4 is 17.3 Å². The second-order valence-corrected chi connectivity index (χ2v) is 4.79. The van der Waals surface area contributed by atoms with Gasteiger partial charge in [0.25, 0.3) is 0 Å². The highest BCUT2D eigenvalue weighted by Crippen LogP contribution is 2.28. The van der Waals surface area contributed by atoms with E-state index < -0.39 is 0 Å². The van der Waals surface area contributed by atoms with E-state index in [2.05, 4.69) is 24.0 Å². The van der Waals surface area contributed by atoms with Gasteiger partial charge in [-0.1, -0.05) is 35.9 Å². The minimum Gasteiger partial charge on any atom is -0.508 e. The Balaban J connectivity index is 2.27. The molecule has 0 unspecified atom stereocenters. The van der Waals surface area contributed by atoms with Crippen LogP contribution in [0.4, 0.5) is 5.69 Å². The minimum atomic E-state index is 0.239. The predicted octanol–water partition coefficient (Wildman–Crippen LogP) is 3.99. The number of anilines is 1. The maximum atomic E-state index is 9.85. The third-order valence-corrected chi connectivity index (χ3v) is 3.37. The monoisotopic (exact) mass is 261 g/mol. The first-order valence-corrected chi connectivity index (χ1v) is 6.20. The van der Waals surface area contributed by atoms with E-state index in [0.717, 1.165) is 11.3 Å². The molecular weight excluding hydrogens is 246 g/mol. The summed E-state index contributed by atoms with van der Waals surface area (Å²) in [7, 11) is 1.99. The molecule has 2 aromatic rings. The fourth-order valence-corrected chi connectivity index (χ4v) is 2.25. The molecule has 0 aliphatic carbocycles. The normalized spacial score (nSPS) is 10.4. The lowest BCUT2D eigenvalue weighted by atomic mass is 10.1. The van der Waals surface area contributed by atoms with Crippen molar-refractivity contribution in [1.82, 2.24) is 0 Å². The Kier molecular flexibility index (Phi) is 3.78. The number of aromatic hydroxyl groups is 1. The van der Waals surface area contributed by atoms with Gasteiger partial charge < -0.3 is 10.0 Å². The van der Waals surface area contributed by atoms with Gasteiger partial charge in [-0.2, -0.15) is 0 Å². The number of hydrogen-bond acceptors (Lipinski definition) is 2. The van der Waals surface area contributed by atoms with Crippen molar-refractivity contribution in [3.63, 3.8) is 0 Å². The molecule has 0 spiro atoms. The second kappa shape index (κ2) is 5.32. The lowest BCUT2D eigenvalue weighted by Gasteiger charge is -2.22. The van der Waals surface area contributed by atoms with Crippen molar-refractivity contribution in [3.05, 3.63) is 58.6 Å². The van der Waals surface area contributed by atoms with Gasteiger partial charge in [-0.15, -0.1) is 0 Å². The third-order valence-electron chi connectivity index (χ3n) is 3.02. The molecule has 0 saturated heterocycles. The van der Waals surface area contributed by atoms with Gasteiger partial charge in [0.15, 0.2) is 0 Å². The van der Waals surface area contributed by atoms with Crippen LogP contribution in [0.25, 0.3) is 0 Å². The van der Waals surface area contributed by atoms with E-state index in [9.17, 15) is 5.11 Å². The first-order valence-electron chi connectivity index (χ1n) is 5.82. The molecule has 0 atom stereocenters. The quantitative estimate of drug-likeness (QED) is 0.903. The number of rotatable bonds is 3. The van der Waals surface area contributed by atoms with Crippen molar-refractivity contribution in [3.8, 4) is 5.75 Å². The molecule has 0 aliphatic rings. The second-order valence-electron chi connectivity index (χ2n) is 4.38. The molecule has 0 saturated carbocycles. The zero-order valence-electron chi connectivity index (χ0n) is 10.5. The van der Waals surface area contributed by atoms with E-state index in [-0.39, 0.29) is 5.75 Å². The highest BCUT2D eigenvalue weighted by atomic mass is 35.5. The van der Waals surface area contributed by atoms with Crippen LogP contribution in [-0.4, -0.2) is 12.2 Å². The van der Waals surface area contributed by atoms with Crippen molar-refractivity contribution in [1.29, 1.82) is 0 Å². The van der Waals surface area contributed by atoms with Crippen LogP contribution in [0.3, 0.4) is 0 Å². The summed E-state index contributed by atoms with van der Waals surface area (Å²) in [5.41, 5.74) is 3.09. The Morgan fingerprint density at radius 2 is 1.83 bits per heavy atom. The number of para-hydroxylation sites is 1. The Labute approximate surface area is 112 Å². The van der Waals surface area contributed by atoms with Gasteiger partial charge in [-0.3, -0.25) is 0 Å². The number of nitrogens with zero attached hydrogens (tertiary/aromatic N) is 1. The third kappa shape index (κ3) is 2.59. The topological polar surface area (TPSA) is 23.5 Å². The molecule has 0 bridgehead atoms. The van der Waals surface area contributed by atoms with E-state index >= 15 is 0 Å². The van der Waals surface area contributed by atoms with Gasteiger partial charge >= 0.3 is 0 Å². The van der Waals surface area contributed by atoms with E-state index in [1.165, 1.54) is 5.56 Å². The molecule has 2 rings (SSSR count). The molecular formula is C15H16ClNO. The summed E-state index contributed by atoms with van der Waals surface area (Å²) < 4.78 is 0. The molecule has 0 fully saturated rings. The lowest BCUT2D eigenvalue weighted by molar-refractivity contribution is 0.468. The predicted molar refractivity (Wildman–Crippen MR) is 76.4 cm³/mol. The summed E-state index contributed by atoms with van der Waals surface area (Å²) in [6.07, 6.45) is 0. The van der Waals surface area contributed by atoms with E-state index in [1.54, 1.807) is 18.2 Å². The summed E-state index contributed by atoms with van der Waals surface area (Å²) in [6, 6.07) is 13.3. The molecule has 3 heteroatoms. The number of phenolic OH excluding ortho intramolecular Hbond substituents is 1. The highest BCUT2D eigenvalue weighted by molar-refractivity contribution is 6.31. The molecule has 94 valence electrons. The van der Waals surface area contributed by atoms with Crippen LogP contribution in [0.2, 0.25) is 5.02 Å². The smallest absolute Gasteiger partial charge is 0.122 e. The van der Waals surface area contributed by atoms with E-state index in [0.29, 0.717) is 11.6 Å². The molecule has 2 aromatic carbocycles. The molecule has 0 heterocycles. The Hall–Kier alpha value is -1.67. The Morgan fingerprint density at radius 3 is 2.50 bits per heavy atom. The number of benzene rings is 2. The summed E-state index contributed by atoms with van der Waals surface area (Å²) in [4.78, 5) is 2.08. The summed E-state index contributed by atoms with van der Waals surface area (Å²) in [6.45, 7) is 2.65. The van der Waals surface area contributed by atoms with Gasteiger partial charge in [0.05, 0.1) is 0 Å². The van der Waals surface area contributed by atoms with Gasteiger partial charge in [-0.25, -0.2) is 0 Å². The van der Waals surface area contributed by atoms with Crippen molar-refractivity contribution in [2.45, 2.75) is 13.5 Å². The van der Waals surface area contributed by atoms with Crippen LogP contribution >= 0.6 is 11.6 Å². The van der Waals surface area contributed by atoms with Crippen molar-refractivity contribution in [2.24, 2.45) is 0 Å². The van der Waals surface area contributed by atoms with Gasteiger partial charge in [0, 0.05) is 29.9 Å². The first-order chi connectivity index (χ1) is 8.59. The largest absolute Gasteiger partial charge is 0.508 e. The fourth-order valence-electron chi connectivity index (χ4n) is 2.02. The Bertz CT molecular complexity index is 534. The van der Waals surface area contributed by atoms with Crippen LogP contribution in [0, 0.1) is 6.92 Å². The molecule has 0 amide bonds. The highest BCUT2D eigenvalue weighted by Gasteiger charge is 2.10. The SMILES string of the molecule is Cc1ccccc1N(C)Cc1c(O)cccc1Cl. The number of halogens is 1. The van der Waals surface area contributed by atoms with Crippen LogP contribution in [0.1, 0.15) is 11.1 Å². The van der Waals surface area contributed by atoms with Crippen molar-refractivity contribution < 1.29 is 5.11 Å². The zero-order chi connectivity index (χ0) is 13.1.